The molecule has 3 aromatic rings. The number of carbonyl (C=O) groups is 1. The fraction of sp³-hybridized carbons (Fsp3) is 0.0667. The van der Waals surface area contributed by atoms with Gasteiger partial charge in [0, 0.05) is 24.5 Å². The van der Waals surface area contributed by atoms with Gasteiger partial charge in [0.1, 0.15) is 0 Å². The van der Waals surface area contributed by atoms with Crippen LogP contribution in [0.2, 0.25) is 10.0 Å². The van der Waals surface area contributed by atoms with Crippen molar-refractivity contribution in [1.82, 2.24) is 15.2 Å². The largest absolute Gasteiger partial charge is 0.356 e. The molecule has 0 aliphatic carbocycles. The van der Waals surface area contributed by atoms with E-state index in [9.17, 15) is 4.79 Å². The van der Waals surface area contributed by atoms with Crippen LogP contribution in [0.3, 0.4) is 0 Å². The lowest BCUT2D eigenvalue weighted by Crippen LogP contribution is -2.11. The Morgan fingerprint density at radius 2 is 1.96 bits per heavy atom. The lowest BCUT2D eigenvalue weighted by Gasteiger charge is -2.03. The van der Waals surface area contributed by atoms with Crippen molar-refractivity contribution in [3.05, 3.63) is 63.9 Å². The minimum Gasteiger partial charge on any atom is -0.356 e. The molecule has 0 atom stereocenters. The summed E-state index contributed by atoms with van der Waals surface area (Å²) in [6, 6.07) is 8.47. The van der Waals surface area contributed by atoms with Crippen molar-refractivity contribution in [1.29, 1.82) is 0 Å². The molecule has 1 amide bonds. The van der Waals surface area contributed by atoms with Crippen LogP contribution < -0.4 is 10.6 Å². The number of nitrogens with zero attached hydrogens (tertiary/aromatic N) is 3. The first kappa shape index (κ1) is 16.6. The van der Waals surface area contributed by atoms with E-state index in [-0.39, 0.29) is 5.91 Å². The number of hydrogen-bond acceptors (Lipinski definition) is 6. The molecule has 2 heterocycles. The van der Waals surface area contributed by atoms with Crippen molar-refractivity contribution < 1.29 is 4.79 Å². The number of hydrogen-bond donors (Lipinski definition) is 2. The summed E-state index contributed by atoms with van der Waals surface area (Å²) in [5.41, 5.74) is 1.42. The van der Waals surface area contributed by atoms with E-state index in [0.717, 1.165) is 5.56 Å². The molecular weight excluding hydrogens is 369 g/mol. The molecule has 0 spiro atoms. The van der Waals surface area contributed by atoms with E-state index in [2.05, 4.69) is 25.8 Å². The van der Waals surface area contributed by atoms with Gasteiger partial charge in [0.05, 0.1) is 10.0 Å². The normalized spacial score (nSPS) is 10.4. The second-order valence-corrected chi connectivity index (χ2v) is 6.50. The number of benzene rings is 1. The van der Waals surface area contributed by atoms with Gasteiger partial charge in [-0.25, -0.2) is 0 Å². The first-order valence-electron chi connectivity index (χ1n) is 6.84. The number of halogens is 2. The maximum absolute atomic E-state index is 12.2. The van der Waals surface area contributed by atoms with E-state index in [1.54, 1.807) is 24.5 Å². The highest BCUT2D eigenvalue weighted by Crippen LogP contribution is 2.24. The first-order valence-corrected chi connectivity index (χ1v) is 8.42. The summed E-state index contributed by atoms with van der Waals surface area (Å²) in [5.74, 6) is -0.330. The summed E-state index contributed by atoms with van der Waals surface area (Å²) >= 11 is 13.0. The van der Waals surface area contributed by atoms with Crippen LogP contribution in [0.5, 0.6) is 0 Å². The van der Waals surface area contributed by atoms with Crippen LogP contribution in [0.15, 0.2) is 42.7 Å². The average Bonchev–Trinajstić information content (AvgIpc) is 3.04. The Morgan fingerprint density at radius 1 is 1.12 bits per heavy atom. The molecule has 1 aromatic carbocycles. The lowest BCUT2D eigenvalue weighted by atomic mass is 10.2. The topological polar surface area (TPSA) is 79.8 Å². The zero-order chi connectivity index (χ0) is 16.9. The minimum atomic E-state index is -0.330. The smallest absolute Gasteiger partial charge is 0.257 e. The standard InChI is InChI=1S/C15H11Cl2N5OS/c16-11-4-3-10(6-12(11)17)13(23)20-15-22-21-14(24-15)19-8-9-2-1-5-18-7-9/h1-7H,8H2,(H,19,21)(H,20,22,23). The Balaban J connectivity index is 1.61. The van der Waals surface area contributed by atoms with E-state index in [1.165, 1.54) is 17.4 Å². The second kappa shape index (κ2) is 7.57. The zero-order valence-electron chi connectivity index (χ0n) is 12.2. The Kier molecular flexibility index (Phi) is 5.24. The highest BCUT2D eigenvalue weighted by Gasteiger charge is 2.11. The number of nitrogens with one attached hydrogen (secondary N) is 2. The van der Waals surface area contributed by atoms with Crippen molar-refractivity contribution in [3.8, 4) is 0 Å². The van der Waals surface area contributed by atoms with Gasteiger partial charge < -0.3 is 5.32 Å². The third-order valence-electron chi connectivity index (χ3n) is 2.99. The van der Waals surface area contributed by atoms with Crippen molar-refractivity contribution in [2.75, 3.05) is 10.6 Å². The van der Waals surface area contributed by atoms with Crippen molar-refractivity contribution in [3.63, 3.8) is 0 Å². The molecule has 6 nitrogen and oxygen atoms in total. The summed E-state index contributed by atoms with van der Waals surface area (Å²) in [6.07, 6.45) is 3.48. The average molecular weight is 380 g/mol. The molecule has 0 saturated carbocycles. The molecule has 0 fully saturated rings. The van der Waals surface area contributed by atoms with Crippen LogP contribution in [-0.2, 0) is 6.54 Å². The van der Waals surface area contributed by atoms with Crippen molar-refractivity contribution >= 4 is 50.7 Å². The maximum atomic E-state index is 12.2. The monoisotopic (exact) mass is 379 g/mol. The number of amides is 1. The first-order chi connectivity index (χ1) is 11.6. The maximum Gasteiger partial charge on any atom is 0.257 e. The molecule has 0 aliphatic rings. The van der Waals surface area contributed by atoms with E-state index < -0.39 is 0 Å². The number of aromatic nitrogens is 3. The van der Waals surface area contributed by atoms with Crippen LogP contribution in [0.25, 0.3) is 0 Å². The van der Waals surface area contributed by atoms with Crippen LogP contribution in [0.1, 0.15) is 15.9 Å². The highest BCUT2D eigenvalue weighted by atomic mass is 35.5. The van der Waals surface area contributed by atoms with Gasteiger partial charge in [-0.2, -0.15) is 0 Å². The predicted molar refractivity (Wildman–Crippen MR) is 95.9 cm³/mol. The predicted octanol–water partition coefficient (Wildman–Crippen LogP) is 4.10. The fourth-order valence-corrected chi connectivity index (χ4v) is 2.76. The number of carbonyl (C=O) groups excluding carboxylic acids is 1. The van der Waals surface area contributed by atoms with Crippen LogP contribution in [-0.4, -0.2) is 21.1 Å². The third kappa shape index (κ3) is 4.19. The van der Waals surface area contributed by atoms with Crippen molar-refractivity contribution in [2.45, 2.75) is 6.54 Å². The Hall–Kier alpha value is -2.22. The Bertz CT molecular complexity index is 856. The van der Waals surface area contributed by atoms with Gasteiger partial charge in [0.15, 0.2) is 0 Å². The van der Waals surface area contributed by atoms with Gasteiger partial charge in [-0.15, -0.1) is 10.2 Å². The molecule has 122 valence electrons. The van der Waals surface area contributed by atoms with E-state index in [4.69, 9.17) is 23.2 Å². The molecule has 0 radical (unpaired) electrons. The summed E-state index contributed by atoms with van der Waals surface area (Å²) in [6.45, 7) is 0.573. The molecule has 2 N–H and O–H groups in total. The molecule has 24 heavy (non-hydrogen) atoms. The second-order valence-electron chi connectivity index (χ2n) is 4.71. The number of rotatable bonds is 5. The van der Waals surface area contributed by atoms with Gasteiger partial charge in [-0.05, 0) is 29.8 Å². The Morgan fingerprint density at radius 3 is 2.71 bits per heavy atom. The zero-order valence-corrected chi connectivity index (χ0v) is 14.5. The minimum absolute atomic E-state index is 0.320. The van der Waals surface area contributed by atoms with Gasteiger partial charge in [0.2, 0.25) is 10.3 Å². The molecule has 0 aliphatic heterocycles. The van der Waals surface area contributed by atoms with Gasteiger partial charge in [-0.3, -0.25) is 15.1 Å². The van der Waals surface area contributed by atoms with E-state index in [0.29, 0.717) is 32.4 Å². The van der Waals surface area contributed by atoms with Crippen LogP contribution >= 0.6 is 34.5 Å². The lowest BCUT2D eigenvalue weighted by molar-refractivity contribution is 0.102. The molecule has 0 unspecified atom stereocenters. The van der Waals surface area contributed by atoms with E-state index >= 15 is 0 Å². The highest BCUT2D eigenvalue weighted by molar-refractivity contribution is 7.19. The molecule has 0 bridgehead atoms. The van der Waals surface area contributed by atoms with Gasteiger partial charge >= 0.3 is 0 Å². The third-order valence-corrected chi connectivity index (χ3v) is 4.53. The summed E-state index contributed by atoms with van der Waals surface area (Å²) < 4.78 is 0. The quantitative estimate of drug-likeness (QED) is 0.697. The molecule has 2 aromatic heterocycles. The van der Waals surface area contributed by atoms with Gasteiger partial charge in [-0.1, -0.05) is 40.6 Å². The molecule has 3 rings (SSSR count). The Labute approximate surface area is 151 Å². The number of pyridine rings is 1. The fourth-order valence-electron chi connectivity index (χ4n) is 1.83. The van der Waals surface area contributed by atoms with Crippen LogP contribution in [0, 0.1) is 0 Å². The summed E-state index contributed by atoms with van der Waals surface area (Å²) in [4.78, 5) is 16.2. The van der Waals surface area contributed by atoms with Gasteiger partial charge in [0.25, 0.3) is 5.91 Å². The number of anilines is 2. The molecule has 9 heteroatoms. The van der Waals surface area contributed by atoms with Crippen LogP contribution in [0.4, 0.5) is 10.3 Å². The summed E-state index contributed by atoms with van der Waals surface area (Å²) in [5, 5.41) is 15.4. The summed E-state index contributed by atoms with van der Waals surface area (Å²) in [7, 11) is 0. The molecule has 0 saturated heterocycles. The van der Waals surface area contributed by atoms with Crippen molar-refractivity contribution in [2.24, 2.45) is 0 Å². The SMILES string of the molecule is O=C(Nc1nnc(NCc2cccnc2)s1)c1ccc(Cl)c(Cl)c1. The molecular formula is C15H11Cl2N5OS. The van der Waals surface area contributed by atoms with E-state index in [1.807, 2.05) is 12.1 Å².